The summed E-state index contributed by atoms with van der Waals surface area (Å²) in [6.45, 7) is 1.05. The van der Waals surface area contributed by atoms with Gasteiger partial charge in [0.1, 0.15) is 13.2 Å². The normalized spacial score (nSPS) is 13.1. The van der Waals surface area contributed by atoms with Gasteiger partial charge in [0.25, 0.3) is 0 Å². The van der Waals surface area contributed by atoms with Crippen LogP contribution in [0.4, 0.5) is 0 Å². The second-order valence-electron chi connectivity index (χ2n) is 4.09. The lowest BCUT2D eigenvalue weighted by Gasteiger charge is -2.18. The number of hydrogen-bond donors (Lipinski definition) is 1. The number of pyridine rings is 1. The molecule has 0 atom stereocenters. The molecule has 0 radical (unpaired) electrons. The van der Waals surface area contributed by atoms with Crippen LogP contribution in [0.2, 0.25) is 0 Å². The number of fused-ring (bicyclic) bond motifs is 1. The first-order valence-electron chi connectivity index (χ1n) is 5.83. The van der Waals surface area contributed by atoms with Gasteiger partial charge in [-0.05, 0) is 30.3 Å². The number of rotatable bonds is 2. The Morgan fingerprint density at radius 1 is 1.11 bits per heavy atom. The van der Waals surface area contributed by atoms with Crippen LogP contribution in [0.1, 0.15) is 10.4 Å². The molecule has 2 heterocycles. The van der Waals surface area contributed by atoms with Crippen LogP contribution in [-0.2, 0) is 0 Å². The van der Waals surface area contributed by atoms with Crippen molar-refractivity contribution in [2.45, 2.75) is 0 Å². The largest absolute Gasteiger partial charge is 0.486 e. The van der Waals surface area contributed by atoms with Crippen molar-refractivity contribution in [2.24, 2.45) is 0 Å². The minimum absolute atomic E-state index is 0.208. The van der Waals surface area contributed by atoms with Crippen molar-refractivity contribution in [1.29, 1.82) is 0 Å². The minimum Gasteiger partial charge on any atom is -0.486 e. The fourth-order valence-corrected chi connectivity index (χ4v) is 1.92. The van der Waals surface area contributed by atoms with E-state index in [9.17, 15) is 4.79 Å². The summed E-state index contributed by atoms with van der Waals surface area (Å²) in [5.74, 6) is 0.386. The van der Waals surface area contributed by atoms with Crippen molar-refractivity contribution in [3.8, 4) is 22.8 Å². The van der Waals surface area contributed by atoms with Gasteiger partial charge in [0.05, 0.1) is 11.3 Å². The van der Waals surface area contributed by atoms with Crippen LogP contribution in [0.5, 0.6) is 11.5 Å². The van der Waals surface area contributed by atoms with E-state index in [1.165, 1.54) is 18.3 Å². The Bertz CT molecular complexity index is 639. The number of aromatic carboxylic acids is 1. The fourth-order valence-electron chi connectivity index (χ4n) is 1.92. The molecule has 0 saturated carbocycles. The molecular weight excluding hydrogens is 246 g/mol. The van der Waals surface area contributed by atoms with Crippen LogP contribution in [0, 0.1) is 0 Å². The molecule has 1 aliphatic rings. The minimum atomic E-state index is -0.971. The molecule has 1 aliphatic heterocycles. The molecule has 0 aliphatic carbocycles. The lowest BCUT2D eigenvalue weighted by Crippen LogP contribution is -2.15. The predicted octanol–water partition coefficient (Wildman–Crippen LogP) is 2.22. The van der Waals surface area contributed by atoms with Crippen molar-refractivity contribution < 1.29 is 19.4 Å². The van der Waals surface area contributed by atoms with Crippen molar-refractivity contribution in [3.05, 3.63) is 42.1 Å². The Labute approximate surface area is 109 Å². The van der Waals surface area contributed by atoms with Gasteiger partial charge in [-0.1, -0.05) is 0 Å². The number of benzene rings is 1. The van der Waals surface area contributed by atoms with E-state index in [1.807, 2.05) is 12.1 Å². The third kappa shape index (κ3) is 2.22. The van der Waals surface area contributed by atoms with Crippen LogP contribution >= 0.6 is 0 Å². The highest BCUT2D eigenvalue weighted by Gasteiger charge is 2.13. The summed E-state index contributed by atoms with van der Waals surface area (Å²) in [5, 5.41) is 8.98. The van der Waals surface area contributed by atoms with Crippen LogP contribution in [0.25, 0.3) is 11.3 Å². The standard InChI is InChI=1S/C14H11NO4/c16-14(17)10-3-4-15-11(7-10)9-1-2-12-13(8-9)19-6-5-18-12/h1-4,7-8H,5-6H2,(H,16,17). The zero-order chi connectivity index (χ0) is 13.2. The molecule has 0 amide bonds. The summed E-state index contributed by atoms with van der Waals surface area (Å²) < 4.78 is 10.9. The summed E-state index contributed by atoms with van der Waals surface area (Å²) in [7, 11) is 0. The molecule has 3 rings (SSSR count). The number of carboxylic acids is 1. The van der Waals surface area contributed by atoms with Gasteiger partial charge in [-0.3, -0.25) is 4.98 Å². The highest BCUT2D eigenvalue weighted by atomic mass is 16.6. The highest BCUT2D eigenvalue weighted by Crippen LogP contribution is 2.33. The smallest absolute Gasteiger partial charge is 0.335 e. The Hall–Kier alpha value is -2.56. The SMILES string of the molecule is O=C(O)c1ccnc(-c2ccc3c(c2)OCCO3)c1. The monoisotopic (exact) mass is 257 g/mol. The summed E-state index contributed by atoms with van der Waals surface area (Å²) >= 11 is 0. The maximum Gasteiger partial charge on any atom is 0.335 e. The van der Waals surface area contributed by atoms with Gasteiger partial charge in [-0.2, -0.15) is 0 Å². The molecule has 96 valence electrons. The van der Waals surface area contributed by atoms with Gasteiger partial charge in [0, 0.05) is 11.8 Å². The molecule has 5 nitrogen and oxygen atoms in total. The van der Waals surface area contributed by atoms with E-state index in [1.54, 1.807) is 6.07 Å². The van der Waals surface area contributed by atoms with Gasteiger partial charge < -0.3 is 14.6 Å². The van der Waals surface area contributed by atoms with Crippen LogP contribution < -0.4 is 9.47 Å². The molecule has 0 bridgehead atoms. The van der Waals surface area contributed by atoms with E-state index < -0.39 is 5.97 Å². The molecule has 1 N–H and O–H groups in total. The zero-order valence-corrected chi connectivity index (χ0v) is 10.00. The molecule has 5 heteroatoms. The van der Waals surface area contributed by atoms with Gasteiger partial charge in [0.15, 0.2) is 11.5 Å². The van der Waals surface area contributed by atoms with E-state index in [-0.39, 0.29) is 5.56 Å². The number of nitrogens with zero attached hydrogens (tertiary/aromatic N) is 1. The molecule has 1 aromatic heterocycles. The van der Waals surface area contributed by atoms with Crippen molar-refractivity contribution in [1.82, 2.24) is 4.98 Å². The highest BCUT2D eigenvalue weighted by molar-refractivity contribution is 5.88. The van der Waals surface area contributed by atoms with Crippen molar-refractivity contribution in [2.75, 3.05) is 13.2 Å². The number of carboxylic acid groups (broad SMARTS) is 1. The number of ether oxygens (including phenoxy) is 2. The first-order valence-corrected chi connectivity index (χ1v) is 5.83. The van der Waals surface area contributed by atoms with E-state index in [4.69, 9.17) is 14.6 Å². The number of hydrogen-bond acceptors (Lipinski definition) is 4. The molecule has 0 saturated heterocycles. The molecular formula is C14H11NO4. The third-order valence-electron chi connectivity index (χ3n) is 2.84. The quantitative estimate of drug-likeness (QED) is 0.893. The molecule has 19 heavy (non-hydrogen) atoms. The maximum atomic E-state index is 10.9. The fraction of sp³-hybridized carbons (Fsp3) is 0.143. The number of aromatic nitrogens is 1. The average Bonchev–Trinajstić information content (AvgIpc) is 2.47. The topological polar surface area (TPSA) is 68.7 Å². The Balaban J connectivity index is 2.02. The maximum absolute atomic E-state index is 10.9. The zero-order valence-electron chi connectivity index (χ0n) is 10.00. The summed E-state index contributed by atoms with van der Waals surface area (Å²) in [6, 6.07) is 8.44. The average molecular weight is 257 g/mol. The first kappa shape index (κ1) is 11.5. The van der Waals surface area contributed by atoms with Crippen LogP contribution in [-0.4, -0.2) is 29.3 Å². The first-order chi connectivity index (χ1) is 9.24. The molecule has 2 aromatic rings. The van der Waals surface area contributed by atoms with E-state index in [0.29, 0.717) is 30.4 Å². The summed E-state index contributed by atoms with van der Waals surface area (Å²) in [5.41, 5.74) is 1.60. The number of carbonyl (C=O) groups is 1. The second-order valence-corrected chi connectivity index (χ2v) is 4.09. The lowest BCUT2D eigenvalue weighted by molar-refractivity contribution is 0.0697. The van der Waals surface area contributed by atoms with Gasteiger partial charge >= 0.3 is 5.97 Å². The Morgan fingerprint density at radius 2 is 1.89 bits per heavy atom. The van der Waals surface area contributed by atoms with E-state index in [0.717, 1.165) is 5.56 Å². The molecule has 0 spiro atoms. The second kappa shape index (κ2) is 4.61. The molecule has 0 fully saturated rings. The Morgan fingerprint density at radius 3 is 2.68 bits per heavy atom. The van der Waals surface area contributed by atoms with Crippen LogP contribution in [0.3, 0.4) is 0 Å². The third-order valence-corrected chi connectivity index (χ3v) is 2.84. The Kier molecular flexibility index (Phi) is 2.79. The van der Waals surface area contributed by atoms with E-state index in [2.05, 4.69) is 4.98 Å². The van der Waals surface area contributed by atoms with E-state index >= 15 is 0 Å². The molecule has 1 aromatic carbocycles. The van der Waals surface area contributed by atoms with Gasteiger partial charge in [-0.25, -0.2) is 4.79 Å². The van der Waals surface area contributed by atoms with Gasteiger partial charge in [0.2, 0.25) is 0 Å². The molecule has 0 unspecified atom stereocenters. The summed E-state index contributed by atoms with van der Waals surface area (Å²) in [4.78, 5) is 15.1. The summed E-state index contributed by atoms with van der Waals surface area (Å²) in [6.07, 6.45) is 1.48. The van der Waals surface area contributed by atoms with Crippen molar-refractivity contribution in [3.63, 3.8) is 0 Å². The lowest BCUT2D eigenvalue weighted by atomic mass is 10.1. The predicted molar refractivity (Wildman–Crippen MR) is 67.6 cm³/mol. The van der Waals surface area contributed by atoms with Crippen molar-refractivity contribution >= 4 is 5.97 Å². The van der Waals surface area contributed by atoms with Crippen LogP contribution in [0.15, 0.2) is 36.5 Å². The van der Waals surface area contributed by atoms with Gasteiger partial charge in [-0.15, -0.1) is 0 Å².